The second-order valence-corrected chi connectivity index (χ2v) is 8.04. The smallest absolute Gasteiger partial charge is 0.193 e. The Bertz CT molecular complexity index is 546. The van der Waals surface area contributed by atoms with E-state index >= 15 is 0 Å². The highest BCUT2D eigenvalue weighted by Gasteiger charge is 2.35. The Balaban J connectivity index is 0.00000243. The van der Waals surface area contributed by atoms with Gasteiger partial charge >= 0.3 is 0 Å². The topological polar surface area (TPSA) is 40.5 Å². The summed E-state index contributed by atoms with van der Waals surface area (Å²) >= 11 is 0. The number of hydrogen-bond acceptors (Lipinski definition) is 2. The van der Waals surface area contributed by atoms with Crippen LogP contribution in [0, 0.1) is 17.8 Å². The van der Waals surface area contributed by atoms with Crippen LogP contribution < -0.4 is 5.32 Å². The van der Waals surface area contributed by atoms with E-state index in [1.165, 1.54) is 44.3 Å². The molecule has 2 aliphatic rings. The maximum absolute atomic E-state index is 5.06. The number of pyridine rings is 1. The van der Waals surface area contributed by atoms with Crippen molar-refractivity contribution in [1.82, 2.24) is 15.2 Å². The third-order valence-corrected chi connectivity index (χ3v) is 5.97. The number of aromatic nitrogens is 1. The van der Waals surface area contributed by atoms with E-state index in [4.69, 9.17) is 4.99 Å². The van der Waals surface area contributed by atoms with Gasteiger partial charge < -0.3 is 10.2 Å². The summed E-state index contributed by atoms with van der Waals surface area (Å²) in [6.07, 6.45) is 9.49. The fourth-order valence-electron chi connectivity index (χ4n) is 4.49. The van der Waals surface area contributed by atoms with Crippen molar-refractivity contribution in [2.75, 3.05) is 26.2 Å². The molecule has 26 heavy (non-hydrogen) atoms. The molecule has 1 N–H and O–H groups in total. The number of guanidine groups is 1. The minimum Gasteiger partial charge on any atom is -0.357 e. The highest BCUT2D eigenvalue weighted by molar-refractivity contribution is 14.0. The molecule has 4 nitrogen and oxygen atoms in total. The summed E-state index contributed by atoms with van der Waals surface area (Å²) in [6.45, 7) is 10.9. The highest BCUT2D eigenvalue weighted by Crippen LogP contribution is 2.36. The summed E-state index contributed by atoms with van der Waals surface area (Å²) in [6, 6.07) is 4.22. The van der Waals surface area contributed by atoms with E-state index in [1.807, 2.05) is 18.5 Å². The number of fused-ring (bicyclic) bond motifs is 1. The molecule has 1 aliphatic heterocycles. The average Bonchev–Trinajstić information content (AvgIpc) is 3.05. The molecule has 1 aliphatic carbocycles. The summed E-state index contributed by atoms with van der Waals surface area (Å²) in [5.74, 6) is 3.87. The predicted molar refractivity (Wildman–Crippen MR) is 120 cm³/mol. The first kappa shape index (κ1) is 21.5. The summed E-state index contributed by atoms with van der Waals surface area (Å²) < 4.78 is 0. The van der Waals surface area contributed by atoms with E-state index in [2.05, 4.69) is 42.0 Å². The van der Waals surface area contributed by atoms with Crippen LogP contribution in [-0.2, 0) is 0 Å². The van der Waals surface area contributed by atoms with Gasteiger partial charge in [-0.2, -0.15) is 0 Å². The van der Waals surface area contributed by atoms with Crippen LogP contribution in [0.2, 0.25) is 0 Å². The van der Waals surface area contributed by atoms with Crippen LogP contribution in [0.3, 0.4) is 0 Å². The second kappa shape index (κ2) is 10.5. The average molecular weight is 470 g/mol. The van der Waals surface area contributed by atoms with Crippen molar-refractivity contribution in [2.45, 2.75) is 52.4 Å². The number of aliphatic imine (C=N–C) groups is 1. The molecule has 5 heteroatoms. The standard InChI is InChI=1S/C21H34N4.HI/c1-4-23-21(25-14-18-8-5-6-9-19(18)15-25)24-13-20(16(2)3)17-10-7-11-22-12-17;/h7,10-12,16,18-20H,4-6,8-9,13-15H2,1-3H3,(H,23,24);1H. The summed E-state index contributed by atoms with van der Waals surface area (Å²) in [4.78, 5) is 11.9. The van der Waals surface area contributed by atoms with Gasteiger partial charge in [0.25, 0.3) is 0 Å². The number of likely N-dealkylation sites (tertiary alicyclic amines) is 1. The van der Waals surface area contributed by atoms with Crippen LogP contribution in [0.15, 0.2) is 29.5 Å². The molecule has 1 aromatic rings. The number of hydrogen-bond donors (Lipinski definition) is 1. The number of halogens is 1. The van der Waals surface area contributed by atoms with Gasteiger partial charge in [0.05, 0.1) is 0 Å². The monoisotopic (exact) mass is 470 g/mol. The van der Waals surface area contributed by atoms with Gasteiger partial charge in [0.15, 0.2) is 5.96 Å². The fraction of sp³-hybridized carbons (Fsp3) is 0.714. The fourth-order valence-corrected chi connectivity index (χ4v) is 4.49. The first-order valence-corrected chi connectivity index (χ1v) is 10.1. The van der Waals surface area contributed by atoms with Crippen molar-refractivity contribution < 1.29 is 0 Å². The van der Waals surface area contributed by atoms with Crippen molar-refractivity contribution in [3.05, 3.63) is 30.1 Å². The molecule has 1 aromatic heterocycles. The van der Waals surface area contributed by atoms with Crippen LogP contribution in [0.4, 0.5) is 0 Å². The van der Waals surface area contributed by atoms with Crippen LogP contribution in [-0.4, -0.2) is 42.0 Å². The highest BCUT2D eigenvalue weighted by atomic mass is 127. The Morgan fingerprint density at radius 3 is 2.50 bits per heavy atom. The number of rotatable bonds is 5. The normalized spacial score (nSPS) is 24.2. The van der Waals surface area contributed by atoms with Crippen molar-refractivity contribution in [2.24, 2.45) is 22.7 Å². The number of nitrogens with one attached hydrogen (secondary N) is 1. The molecule has 0 aromatic carbocycles. The van der Waals surface area contributed by atoms with Crippen molar-refractivity contribution in [3.63, 3.8) is 0 Å². The minimum absolute atomic E-state index is 0. The maximum Gasteiger partial charge on any atom is 0.193 e. The van der Waals surface area contributed by atoms with E-state index in [0.29, 0.717) is 11.8 Å². The third-order valence-electron chi connectivity index (χ3n) is 5.97. The van der Waals surface area contributed by atoms with Crippen LogP contribution in [0.1, 0.15) is 57.9 Å². The first-order chi connectivity index (χ1) is 12.2. The largest absolute Gasteiger partial charge is 0.357 e. The zero-order valence-electron chi connectivity index (χ0n) is 16.5. The van der Waals surface area contributed by atoms with Gasteiger partial charge in [0.1, 0.15) is 0 Å². The Morgan fingerprint density at radius 2 is 1.96 bits per heavy atom. The lowest BCUT2D eigenvalue weighted by molar-refractivity contribution is 0.299. The molecule has 0 radical (unpaired) electrons. The molecule has 2 fully saturated rings. The van der Waals surface area contributed by atoms with Crippen molar-refractivity contribution in [3.8, 4) is 0 Å². The molecule has 2 heterocycles. The van der Waals surface area contributed by atoms with Gasteiger partial charge in [-0.05, 0) is 49.1 Å². The summed E-state index contributed by atoms with van der Waals surface area (Å²) in [7, 11) is 0. The van der Waals surface area contributed by atoms with E-state index in [-0.39, 0.29) is 24.0 Å². The predicted octanol–water partition coefficient (Wildman–Crippen LogP) is 4.53. The van der Waals surface area contributed by atoms with Crippen LogP contribution >= 0.6 is 24.0 Å². The molecule has 146 valence electrons. The SMILES string of the molecule is CCNC(=NCC(c1cccnc1)C(C)C)N1CC2CCCCC2C1.I. The van der Waals surface area contributed by atoms with Gasteiger partial charge in [-0.3, -0.25) is 9.98 Å². The van der Waals surface area contributed by atoms with Crippen LogP contribution in [0.25, 0.3) is 0 Å². The molecular formula is C21H35IN4. The zero-order chi connectivity index (χ0) is 17.6. The van der Waals surface area contributed by atoms with Crippen LogP contribution in [0.5, 0.6) is 0 Å². The molecule has 0 amide bonds. The lowest BCUT2D eigenvalue weighted by atomic mass is 9.82. The Labute approximate surface area is 176 Å². The van der Waals surface area contributed by atoms with Crippen molar-refractivity contribution >= 4 is 29.9 Å². The Hall–Kier alpha value is -0.850. The molecule has 1 saturated carbocycles. The molecule has 0 bridgehead atoms. The van der Waals surface area contributed by atoms with Gasteiger partial charge in [-0.25, -0.2) is 0 Å². The van der Waals surface area contributed by atoms with E-state index in [9.17, 15) is 0 Å². The Morgan fingerprint density at radius 1 is 1.27 bits per heavy atom. The van der Waals surface area contributed by atoms with Gasteiger partial charge in [-0.1, -0.05) is 32.8 Å². The Kier molecular flexibility index (Phi) is 8.64. The maximum atomic E-state index is 5.06. The molecule has 0 spiro atoms. The van der Waals surface area contributed by atoms with Gasteiger partial charge in [-0.15, -0.1) is 24.0 Å². The number of nitrogens with zero attached hydrogens (tertiary/aromatic N) is 3. The minimum atomic E-state index is 0. The molecule has 3 atom stereocenters. The van der Waals surface area contributed by atoms with Gasteiger partial charge in [0.2, 0.25) is 0 Å². The molecular weight excluding hydrogens is 435 g/mol. The van der Waals surface area contributed by atoms with E-state index < -0.39 is 0 Å². The lowest BCUT2D eigenvalue weighted by Gasteiger charge is -2.24. The quantitative estimate of drug-likeness (QED) is 0.391. The second-order valence-electron chi connectivity index (χ2n) is 8.04. The summed E-state index contributed by atoms with van der Waals surface area (Å²) in [5.41, 5.74) is 1.30. The molecule has 1 saturated heterocycles. The summed E-state index contributed by atoms with van der Waals surface area (Å²) in [5, 5.41) is 3.54. The molecule has 3 unspecified atom stereocenters. The third kappa shape index (κ3) is 5.33. The van der Waals surface area contributed by atoms with E-state index in [1.54, 1.807) is 0 Å². The zero-order valence-corrected chi connectivity index (χ0v) is 18.9. The van der Waals surface area contributed by atoms with E-state index in [0.717, 1.165) is 30.9 Å². The van der Waals surface area contributed by atoms with Crippen molar-refractivity contribution in [1.29, 1.82) is 0 Å². The lowest BCUT2D eigenvalue weighted by Crippen LogP contribution is -2.40. The van der Waals surface area contributed by atoms with Gasteiger partial charge in [0, 0.05) is 44.5 Å². The molecule has 3 rings (SSSR count). The first-order valence-electron chi connectivity index (χ1n) is 10.1.